The minimum absolute atomic E-state index is 0.0170. The molecule has 1 aliphatic carbocycles. The molecule has 104 valence electrons. The lowest BCUT2D eigenvalue weighted by Gasteiger charge is -2.22. The Morgan fingerprint density at radius 3 is 2.85 bits per heavy atom. The largest absolute Gasteiger partial charge is 0.370 e. The Kier molecular flexibility index (Phi) is 2.74. The summed E-state index contributed by atoms with van der Waals surface area (Å²) in [6.45, 7) is 0.0317. The van der Waals surface area contributed by atoms with E-state index in [4.69, 9.17) is 5.73 Å². The number of amides is 4. The van der Waals surface area contributed by atoms with E-state index in [-0.39, 0.29) is 18.9 Å². The van der Waals surface area contributed by atoms with Crippen molar-refractivity contribution in [2.45, 2.75) is 24.8 Å². The van der Waals surface area contributed by atoms with Crippen LogP contribution in [-0.2, 0) is 21.5 Å². The lowest BCUT2D eigenvalue weighted by atomic mass is 9.92. The Bertz CT molecular complexity index is 613. The van der Waals surface area contributed by atoms with Crippen molar-refractivity contribution in [1.82, 2.24) is 10.2 Å². The summed E-state index contributed by atoms with van der Waals surface area (Å²) in [5, 5.41) is 2.79. The second-order valence-corrected chi connectivity index (χ2v) is 5.17. The van der Waals surface area contributed by atoms with Crippen LogP contribution in [0.2, 0.25) is 0 Å². The quantitative estimate of drug-likeness (QED) is 0.773. The molecule has 3 N–H and O–H groups in total. The molecule has 0 radical (unpaired) electrons. The zero-order chi connectivity index (χ0) is 14.3. The fraction of sp³-hybridized carbons (Fsp3) is 0.357. The smallest absolute Gasteiger partial charge is 0.325 e. The van der Waals surface area contributed by atoms with Crippen LogP contribution in [0, 0.1) is 0 Å². The molecule has 1 heterocycles. The average Bonchev–Trinajstić information content (AvgIpc) is 2.89. The summed E-state index contributed by atoms with van der Waals surface area (Å²) in [4.78, 5) is 36.5. The summed E-state index contributed by atoms with van der Waals surface area (Å²) in [6.07, 6.45) is 1.30. The van der Waals surface area contributed by atoms with Crippen LogP contribution in [0.3, 0.4) is 0 Å². The van der Waals surface area contributed by atoms with Crippen molar-refractivity contribution in [2.75, 3.05) is 6.54 Å². The highest BCUT2D eigenvalue weighted by Gasteiger charge is 2.54. The molecule has 1 aromatic carbocycles. The molecule has 0 saturated carbocycles. The van der Waals surface area contributed by atoms with E-state index in [2.05, 4.69) is 5.32 Å². The molecule has 1 fully saturated rings. The maximum Gasteiger partial charge on any atom is 0.325 e. The lowest BCUT2D eigenvalue weighted by molar-refractivity contribution is -0.131. The minimum Gasteiger partial charge on any atom is -0.370 e. The van der Waals surface area contributed by atoms with E-state index in [9.17, 15) is 14.4 Å². The van der Waals surface area contributed by atoms with Crippen LogP contribution in [0.25, 0.3) is 0 Å². The van der Waals surface area contributed by atoms with Crippen LogP contribution in [0.4, 0.5) is 4.79 Å². The van der Waals surface area contributed by atoms with E-state index in [0.29, 0.717) is 6.42 Å². The van der Waals surface area contributed by atoms with Crippen molar-refractivity contribution < 1.29 is 14.4 Å². The summed E-state index contributed by atoms with van der Waals surface area (Å²) in [5.74, 6) is -0.813. The number of primary amides is 1. The van der Waals surface area contributed by atoms with Gasteiger partial charge in [0.05, 0.1) is 0 Å². The van der Waals surface area contributed by atoms with Gasteiger partial charge in [0.1, 0.15) is 5.54 Å². The van der Waals surface area contributed by atoms with Crippen LogP contribution in [0.1, 0.15) is 24.0 Å². The number of hydrogen-bond acceptors (Lipinski definition) is 3. The monoisotopic (exact) mass is 273 g/mol. The predicted octanol–water partition coefficient (Wildman–Crippen LogP) is 0.255. The van der Waals surface area contributed by atoms with Crippen molar-refractivity contribution in [3.8, 4) is 0 Å². The Hall–Kier alpha value is -2.37. The molecule has 1 spiro atoms. The number of nitrogens with zero attached hydrogens (tertiary/aromatic N) is 1. The van der Waals surface area contributed by atoms with Gasteiger partial charge in [0.25, 0.3) is 5.91 Å². The van der Waals surface area contributed by atoms with Gasteiger partial charge >= 0.3 is 6.03 Å². The summed E-state index contributed by atoms with van der Waals surface area (Å²) >= 11 is 0. The molecule has 2 aliphatic rings. The van der Waals surface area contributed by atoms with E-state index in [1.807, 2.05) is 24.3 Å². The molecule has 0 bridgehead atoms. The van der Waals surface area contributed by atoms with E-state index >= 15 is 0 Å². The van der Waals surface area contributed by atoms with Crippen molar-refractivity contribution >= 4 is 17.8 Å². The first-order chi connectivity index (χ1) is 9.54. The van der Waals surface area contributed by atoms with E-state index < -0.39 is 17.5 Å². The molecule has 4 amide bonds. The van der Waals surface area contributed by atoms with Crippen LogP contribution in [0.5, 0.6) is 0 Å². The van der Waals surface area contributed by atoms with Gasteiger partial charge in [-0.3, -0.25) is 14.5 Å². The van der Waals surface area contributed by atoms with Crippen molar-refractivity contribution in [2.24, 2.45) is 5.73 Å². The Labute approximate surface area is 115 Å². The van der Waals surface area contributed by atoms with Gasteiger partial charge in [-0.25, -0.2) is 4.79 Å². The number of hydrogen-bond donors (Lipinski definition) is 2. The number of imide groups is 1. The van der Waals surface area contributed by atoms with Gasteiger partial charge in [-0.15, -0.1) is 0 Å². The third-order valence-electron chi connectivity index (χ3n) is 4.00. The van der Waals surface area contributed by atoms with Gasteiger partial charge < -0.3 is 11.1 Å². The molecule has 1 aliphatic heterocycles. The van der Waals surface area contributed by atoms with Crippen molar-refractivity contribution in [3.05, 3.63) is 35.4 Å². The molecule has 1 saturated heterocycles. The van der Waals surface area contributed by atoms with Crippen LogP contribution in [-0.4, -0.2) is 29.3 Å². The van der Waals surface area contributed by atoms with E-state index in [0.717, 1.165) is 22.4 Å². The highest BCUT2D eigenvalue weighted by atomic mass is 16.2. The summed E-state index contributed by atoms with van der Waals surface area (Å²) in [6, 6.07) is 7.17. The highest BCUT2D eigenvalue weighted by Crippen LogP contribution is 2.41. The normalized spacial score (nSPS) is 24.1. The zero-order valence-corrected chi connectivity index (χ0v) is 10.9. The van der Waals surface area contributed by atoms with Crippen molar-refractivity contribution in [1.29, 1.82) is 0 Å². The second-order valence-electron chi connectivity index (χ2n) is 5.17. The number of fused-ring (bicyclic) bond motifs is 2. The highest BCUT2D eigenvalue weighted by molar-refractivity contribution is 6.08. The van der Waals surface area contributed by atoms with Gasteiger partial charge in [-0.1, -0.05) is 24.3 Å². The van der Waals surface area contributed by atoms with Crippen LogP contribution < -0.4 is 11.1 Å². The molecular formula is C14H15N3O3. The Balaban J connectivity index is 1.92. The Morgan fingerprint density at radius 1 is 1.35 bits per heavy atom. The van der Waals surface area contributed by atoms with Crippen LogP contribution in [0.15, 0.2) is 24.3 Å². The molecule has 20 heavy (non-hydrogen) atoms. The SMILES string of the molecule is NC(=O)CCN1C(=O)N[C@@]2(CCc3ccccc32)C1=O. The maximum absolute atomic E-state index is 12.6. The van der Waals surface area contributed by atoms with Gasteiger partial charge in [-0.05, 0) is 24.0 Å². The third-order valence-corrected chi connectivity index (χ3v) is 4.00. The number of nitrogens with one attached hydrogen (secondary N) is 1. The average molecular weight is 273 g/mol. The van der Waals surface area contributed by atoms with Gasteiger partial charge in [0.15, 0.2) is 0 Å². The van der Waals surface area contributed by atoms with Crippen molar-refractivity contribution in [3.63, 3.8) is 0 Å². The standard InChI is InChI=1S/C14H15N3O3/c15-11(18)6-8-17-12(19)14(16-13(17)20)7-5-9-3-1-2-4-10(9)14/h1-4H,5-8H2,(H2,15,18)(H,16,20)/t14-/m1/s1. The first kappa shape index (κ1) is 12.7. The number of rotatable bonds is 3. The minimum atomic E-state index is -0.953. The molecule has 0 unspecified atom stereocenters. The second kappa shape index (κ2) is 4.33. The summed E-state index contributed by atoms with van der Waals surface area (Å²) in [7, 11) is 0. The van der Waals surface area contributed by atoms with E-state index in [1.54, 1.807) is 0 Å². The van der Waals surface area contributed by atoms with E-state index in [1.165, 1.54) is 0 Å². The molecule has 3 rings (SSSR count). The fourth-order valence-corrected chi connectivity index (χ4v) is 3.01. The first-order valence-corrected chi connectivity index (χ1v) is 6.55. The predicted molar refractivity (Wildman–Crippen MR) is 70.5 cm³/mol. The first-order valence-electron chi connectivity index (χ1n) is 6.55. The maximum atomic E-state index is 12.6. The molecule has 0 aromatic heterocycles. The number of urea groups is 1. The molecule has 1 atom stereocenters. The summed E-state index contributed by atoms with van der Waals surface area (Å²) < 4.78 is 0. The Morgan fingerprint density at radius 2 is 2.10 bits per heavy atom. The number of carbonyl (C=O) groups is 3. The molecule has 1 aromatic rings. The van der Waals surface area contributed by atoms with Gasteiger partial charge in [0.2, 0.25) is 5.91 Å². The summed E-state index contributed by atoms with van der Waals surface area (Å²) in [5.41, 5.74) is 6.06. The number of aryl methyl sites for hydroxylation is 1. The topological polar surface area (TPSA) is 92.5 Å². The molecular weight excluding hydrogens is 258 g/mol. The van der Waals surface area contributed by atoms with Gasteiger partial charge in [-0.2, -0.15) is 0 Å². The van der Waals surface area contributed by atoms with Gasteiger partial charge in [0, 0.05) is 13.0 Å². The van der Waals surface area contributed by atoms with Crippen LogP contribution >= 0.6 is 0 Å². The number of benzene rings is 1. The molecule has 6 nitrogen and oxygen atoms in total. The third kappa shape index (κ3) is 1.68. The zero-order valence-electron chi connectivity index (χ0n) is 10.9. The number of carbonyl (C=O) groups excluding carboxylic acids is 3. The fourth-order valence-electron chi connectivity index (χ4n) is 3.01. The molecule has 6 heteroatoms. The lowest BCUT2D eigenvalue weighted by Crippen LogP contribution is -2.42. The number of nitrogens with two attached hydrogens (primary N) is 1.